The fourth-order valence-corrected chi connectivity index (χ4v) is 2.58. The molecule has 0 amide bonds. The van der Waals surface area contributed by atoms with Crippen molar-refractivity contribution >= 4 is 33.5 Å². The molecule has 106 valence electrons. The molecule has 5 nitrogen and oxygen atoms in total. The average Bonchev–Trinajstić information content (AvgIpc) is 2.51. The van der Waals surface area contributed by atoms with Gasteiger partial charge in [-0.25, -0.2) is 4.98 Å². The summed E-state index contributed by atoms with van der Waals surface area (Å²) in [7, 11) is 1.58. The van der Waals surface area contributed by atoms with Gasteiger partial charge in [0.25, 0.3) is 5.56 Å². The van der Waals surface area contributed by atoms with E-state index in [1.165, 1.54) is 0 Å². The van der Waals surface area contributed by atoms with E-state index >= 15 is 0 Å². The van der Waals surface area contributed by atoms with Crippen LogP contribution in [0.15, 0.2) is 41.3 Å². The van der Waals surface area contributed by atoms with Gasteiger partial charge in [0.1, 0.15) is 9.39 Å². The van der Waals surface area contributed by atoms with Gasteiger partial charge < -0.3 is 9.72 Å². The number of hydrogen-bond acceptors (Lipinski definition) is 4. The molecule has 0 unspecified atom stereocenters. The third-order valence-electron chi connectivity index (χ3n) is 3.12. The van der Waals surface area contributed by atoms with Crippen molar-refractivity contribution in [3.05, 3.63) is 56.1 Å². The molecule has 0 bridgehead atoms. The van der Waals surface area contributed by atoms with Crippen LogP contribution >= 0.6 is 22.6 Å². The van der Waals surface area contributed by atoms with E-state index in [1.54, 1.807) is 13.3 Å². The van der Waals surface area contributed by atoms with Gasteiger partial charge in [-0.15, -0.1) is 0 Å². The number of para-hydroxylation sites is 1. The van der Waals surface area contributed by atoms with Crippen LogP contribution in [0.1, 0.15) is 5.69 Å². The Kier molecular flexibility index (Phi) is 3.98. The quantitative estimate of drug-likeness (QED) is 0.695. The zero-order chi connectivity index (χ0) is 14.8. The summed E-state index contributed by atoms with van der Waals surface area (Å²) < 4.78 is 5.66. The highest BCUT2D eigenvalue weighted by molar-refractivity contribution is 14.1. The molecule has 0 aliphatic rings. The number of fused-ring (bicyclic) bond motifs is 1. The maximum absolute atomic E-state index is 12.1. The summed E-state index contributed by atoms with van der Waals surface area (Å²) in [5.41, 5.74) is 2.20. The van der Waals surface area contributed by atoms with Crippen molar-refractivity contribution in [3.8, 4) is 11.4 Å². The minimum Gasteiger partial charge on any atom is -0.378 e. The van der Waals surface area contributed by atoms with Crippen LogP contribution in [0.3, 0.4) is 0 Å². The Morgan fingerprint density at radius 1 is 1.29 bits per heavy atom. The van der Waals surface area contributed by atoms with E-state index in [1.807, 2.05) is 52.9 Å². The van der Waals surface area contributed by atoms with E-state index in [9.17, 15) is 4.79 Å². The number of aromatic amines is 1. The summed E-state index contributed by atoms with van der Waals surface area (Å²) in [5.74, 6) is 0.533. The predicted molar refractivity (Wildman–Crippen MR) is 89.0 cm³/mol. The lowest BCUT2D eigenvalue weighted by Gasteiger charge is -2.08. The van der Waals surface area contributed by atoms with Gasteiger partial charge in [0.15, 0.2) is 0 Å². The number of hydrogen-bond donors (Lipinski definition) is 1. The lowest BCUT2D eigenvalue weighted by Crippen LogP contribution is -2.16. The Balaban J connectivity index is 2.26. The van der Waals surface area contributed by atoms with Crippen LogP contribution in [0.4, 0.5) is 0 Å². The first-order valence-electron chi connectivity index (χ1n) is 6.32. The minimum atomic E-state index is -0.159. The molecular formula is C15H12IN3O2. The van der Waals surface area contributed by atoms with E-state index < -0.39 is 0 Å². The molecule has 2 aromatic heterocycles. The number of nitrogens with one attached hydrogen (secondary N) is 1. The highest BCUT2D eigenvalue weighted by Crippen LogP contribution is 2.24. The maximum Gasteiger partial charge on any atom is 0.264 e. The van der Waals surface area contributed by atoms with Crippen molar-refractivity contribution in [3.63, 3.8) is 0 Å². The Hall–Kier alpha value is -1.80. The van der Waals surface area contributed by atoms with E-state index in [4.69, 9.17) is 4.74 Å². The monoisotopic (exact) mass is 393 g/mol. The molecule has 0 spiro atoms. The molecular weight excluding hydrogens is 381 g/mol. The van der Waals surface area contributed by atoms with Crippen LogP contribution in [-0.4, -0.2) is 22.1 Å². The van der Waals surface area contributed by atoms with Crippen LogP contribution in [-0.2, 0) is 11.3 Å². The second kappa shape index (κ2) is 5.90. The molecule has 2 heterocycles. The average molecular weight is 393 g/mol. The molecule has 0 saturated heterocycles. The second-order valence-electron chi connectivity index (χ2n) is 4.48. The molecule has 0 atom stereocenters. The van der Waals surface area contributed by atoms with Gasteiger partial charge in [0.05, 0.1) is 17.8 Å². The molecule has 3 aromatic rings. The summed E-state index contributed by atoms with van der Waals surface area (Å²) in [6.45, 7) is 0.304. The zero-order valence-corrected chi connectivity index (χ0v) is 13.4. The molecule has 6 heteroatoms. The van der Waals surface area contributed by atoms with Crippen molar-refractivity contribution in [2.24, 2.45) is 0 Å². The normalized spacial score (nSPS) is 11.0. The predicted octanol–water partition coefficient (Wildman–Crippen LogP) is 2.74. The number of nitrogens with zero attached hydrogens (tertiary/aromatic N) is 2. The third kappa shape index (κ3) is 2.68. The van der Waals surface area contributed by atoms with Crippen LogP contribution in [0.2, 0.25) is 0 Å². The Bertz CT molecular complexity index is 856. The number of rotatable bonds is 3. The number of pyridine rings is 1. The van der Waals surface area contributed by atoms with Crippen molar-refractivity contribution in [1.29, 1.82) is 0 Å². The molecule has 3 rings (SSSR count). The van der Waals surface area contributed by atoms with Gasteiger partial charge in [0, 0.05) is 24.3 Å². The summed E-state index contributed by atoms with van der Waals surface area (Å²) in [6.07, 6.45) is 1.71. The number of ether oxygens (including phenoxy) is 1. The Labute approximate surface area is 134 Å². The molecule has 0 saturated carbocycles. The first-order valence-corrected chi connectivity index (χ1v) is 7.40. The molecule has 0 fully saturated rings. The molecule has 1 aromatic carbocycles. The number of benzene rings is 1. The fraction of sp³-hybridized carbons (Fsp3) is 0.133. The highest BCUT2D eigenvalue weighted by atomic mass is 127. The van der Waals surface area contributed by atoms with Gasteiger partial charge >= 0.3 is 0 Å². The smallest absolute Gasteiger partial charge is 0.264 e. The highest BCUT2D eigenvalue weighted by Gasteiger charge is 2.12. The van der Waals surface area contributed by atoms with Gasteiger partial charge in [-0.2, -0.15) is 0 Å². The summed E-state index contributed by atoms with van der Waals surface area (Å²) in [4.78, 5) is 23.7. The lowest BCUT2D eigenvalue weighted by molar-refractivity contribution is 0.180. The SMILES string of the molecule is COCc1nc(-c2ccnc3ccccc23)[nH]c(=O)c1I. The third-order valence-corrected chi connectivity index (χ3v) is 4.23. The largest absolute Gasteiger partial charge is 0.378 e. The number of aromatic nitrogens is 3. The van der Waals surface area contributed by atoms with Crippen molar-refractivity contribution in [2.75, 3.05) is 7.11 Å². The number of methoxy groups -OCH3 is 1. The number of halogens is 1. The van der Waals surface area contributed by atoms with Crippen molar-refractivity contribution in [2.45, 2.75) is 6.61 Å². The first kappa shape index (κ1) is 14.2. The first-order chi connectivity index (χ1) is 10.2. The molecule has 1 N–H and O–H groups in total. The Morgan fingerprint density at radius 2 is 2.10 bits per heavy atom. The zero-order valence-electron chi connectivity index (χ0n) is 11.3. The van der Waals surface area contributed by atoms with Crippen molar-refractivity contribution in [1.82, 2.24) is 15.0 Å². The van der Waals surface area contributed by atoms with Gasteiger partial charge in [-0.1, -0.05) is 18.2 Å². The van der Waals surface area contributed by atoms with E-state index in [0.717, 1.165) is 16.5 Å². The van der Waals surface area contributed by atoms with E-state index in [0.29, 0.717) is 21.7 Å². The molecule has 0 radical (unpaired) electrons. The van der Waals surface area contributed by atoms with Gasteiger partial charge in [-0.05, 0) is 34.7 Å². The minimum absolute atomic E-state index is 0.159. The summed E-state index contributed by atoms with van der Waals surface area (Å²) in [6, 6.07) is 9.61. The van der Waals surface area contributed by atoms with Crippen molar-refractivity contribution < 1.29 is 4.74 Å². The molecule has 0 aliphatic heterocycles. The lowest BCUT2D eigenvalue weighted by atomic mass is 10.1. The Morgan fingerprint density at radius 3 is 2.90 bits per heavy atom. The van der Waals surface area contributed by atoms with Crippen LogP contribution in [0, 0.1) is 3.57 Å². The van der Waals surface area contributed by atoms with E-state index in [-0.39, 0.29) is 5.56 Å². The molecule has 21 heavy (non-hydrogen) atoms. The number of H-pyrrole nitrogens is 1. The fourth-order valence-electron chi connectivity index (χ4n) is 2.17. The second-order valence-corrected chi connectivity index (χ2v) is 5.56. The summed E-state index contributed by atoms with van der Waals surface area (Å²) >= 11 is 1.98. The van der Waals surface area contributed by atoms with Crippen LogP contribution in [0.25, 0.3) is 22.3 Å². The van der Waals surface area contributed by atoms with Gasteiger partial charge in [-0.3, -0.25) is 9.78 Å². The summed E-state index contributed by atoms with van der Waals surface area (Å²) in [5, 5.41) is 0.952. The van der Waals surface area contributed by atoms with Crippen LogP contribution in [0.5, 0.6) is 0 Å². The molecule has 0 aliphatic carbocycles. The maximum atomic E-state index is 12.1. The van der Waals surface area contributed by atoms with E-state index in [2.05, 4.69) is 15.0 Å². The van der Waals surface area contributed by atoms with Crippen LogP contribution < -0.4 is 5.56 Å². The topological polar surface area (TPSA) is 67.9 Å². The van der Waals surface area contributed by atoms with Gasteiger partial charge in [0.2, 0.25) is 0 Å². The standard InChI is InChI=1S/C15H12IN3O2/c1-21-8-12-13(16)15(20)19-14(18-12)10-6-7-17-11-5-3-2-4-9(10)11/h2-7H,8H2,1H3,(H,18,19,20).